The molecule has 0 aliphatic heterocycles. The van der Waals surface area contributed by atoms with Crippen LogP contribution in [-0.2, 0) is 11.3 Å². The molecule has 3 aromatic heterocycles. The molecule has 2 aliphatic rings. The number of halogens is 1. The number of nitriles is 1. The highest BCUT2D eigenvalue weighted by molar-refractivity contribution is 6.30. The number of nitrogens with one attached hydrogen (secondary N) is 2. The molecule has 35 heavy (non-hydrogen) atoms. The molecule has 2 saturated carbocycles. The second-order valence-corrected chi connectivity index (χ2v) is 9.75. The third kappa shape index (κ3) is 4.58. The van der Waals surface area contributed by atoms with E-state index in [2.05, 4.69) is 32.9 Å². The fourth-order valence-corrected chi connectivity index (χ4v) is 4.79. The minimum atomic E-state index is -0.0697. The average Bonchev–Trinajstić information content (AvgIpc) is 3.78. The number of aromatic nitrogens is 3. The quantitative estimate of drug-likeness (QED) is 0.363. The lowest BCUT2D eigenvalue weighted by molar-refractivity contribution is -0.117. The summed E-state index contributed by atoms with van der Waals surface area (Å²) in [5, 5.41) is 16.5. The van der Waals surface area contributed by atoms with Crippen LogP contribution in [0.3, 0.4) is 0 Å². The number of pyridine rings is 2. The van der Waals surface area contributed by atoms with Crippen molar-refractivity contribution in [3.8, 4) is 6.07 Å². The smallest absolute Gasteiger partial charge is 0.229 e. The lowest BCUT2D eigenvalue weighted by Crippen LogP contribution is -2.15. The Balaban J connectivity index is 1.10. The van der Waals surface area contributed by atoms with Gasteiger partial charge in [0.2, 0.25) is 5.91 Å². The standard InChI is InChI=1S/C27H23ClN6O/c28-20-3-1-2-17(9-20)23-11-24(23)27(35)33-25-10-21(6-7-30-25)31-13-22-15-34-14-19(16-4-5-16)8-18(12-29)26(34)32-22/h1-3,6-10,14-16,23-24H,4-5,11,13H2,(H2,30,31,33,35)/t23?,24-/m1/s1. The van der Waals surface area contributed by atoms with Crippen molar-refractivity contribution in [3.05, 3.63) is 88.5 Å². The van der Waals surface area contributed by atoms with Crippen LogP contribution in [0.15, 0.2) is 61.1 Å². The fourth-order valence-electron chi connectivity index (χ4n) is 4.59. The molecule has 0 radical (unpaired) electrons. The third-order valence-electron chi connectivity index (χ3n) is 6.68. The van der Waals surface area contributed by atoms with E-state index in [9.17, 15) is 10.1 Å². The second-order valence-electron chi connectivity index (χ2n) is 9.31. The molecule has 6 rings (SSSR count). The summed E-state index contributed by atoms with van der Waals surface area (Å²) in [7, 11) is 0. The van der Waals surface area contributed by atoms with Crippen molar-refractivity contribution < 1.29 is 4.79 Å². The Labute approximate surface area is 207 Å². The number of rotatable bonds is 7. The van der Waals surface area contributed by atoms with Crippen LogP contribution in [0, 0.1) is 17.2 Å². The number of benzene rings is 1. The van der Waals surface area contributed by atoms with Crippen molar-refractivity contribution in [2.45, 2.75) is 37.6 Å². The van der Waals surface area contributed by atoms with Gasteiger partial charge < -0.3 is 15.0 Å². The minimum Gasteiger partial charge on any atom is -0.379 e. The van der Waals surface area contributed by atoms with Crippen molar-refractivity contribution in [2.75, 3.05) is 10.6 Å². The molecule has 2 atom stereocenters. The Morgan fingerprint density at radius 2 is 2.06 bits per heavy atom. The first-order chi connectivity index (χ1) is 17.1. The highest BCUT2D eigenvalue weighted by Gasteiger charge is 2.44. The van der Waals surface area contributed by atoms with Gasteiger partial charge in [0, 0.05) is 41.3 Å². The zero-order valence-electron chi connectivity index (χ0n) is 18.9. The highest BCUT2D eigenvalue weighted by Crippen LogP contribution is 2.48. The average molecular weight is 483 g/mol. The van der Waals surface area contributed by atoms with Crippen molar-refractivity contribution in [1.29, 1.82) is 5.26 Å². The first kappa shape index (κ1) is 21.6. The van der Waals surface area contributed by atoms with E-state index in [1.807, 2.05) is 53.1 Å². The van der Waals surface area contributed by atoms with Gasteiger partial charge in [-0.05, 0) is 66.5 Å². The van der Waals surface area contributed by atoms with Gasteiger partial charge in [-0.3, -0.25) is 4.79 Å². The molecular weight excluding hydrogens is 460 g/mol. The number of carbonyl (C=O) groups is 1. The maximum atomic E-state index is 12.7. The molecule has 4 aromatic rings. The maximum Gasteiger partial charge on any atom is 0.229 e. The van der Waals surface area contributed by atoms with Gasteiger partial charge in [0.05, 0.1) is 17.8 Å². The predicted molar refractivity (Wildman–Crippen MR) is 134 cm³/mol. The van der Waals surface area contributed by atoms with Crippen molar-refractivity contribution in [1.82, 2.24) is 14.4 Å². The Hall–Kier alpha value is -3.89. The number of hydrogen-bond acceptors (Lipinski definition) is 5. The summed E-state index contributed by atoms with van der Waals surface area (Å²) >= 11 is 6.09. The van der Waals surface area contributed by atoms with Gasteiger partial charge in [-0.15, -0.1) is 0 Å². The van der Waals surface area contributed by atoms with Crippen molar-refractivity contribution in [3.63, 3.8) is 0 Å². The topological polar surface area (TPSA) is 95.1 Å². The first-order valence-corrected chi connectivity index (χ1v) is 12.1. The van der Waals surface area contributed by atoms with Gasteiger partial charge in [0.1, 0.15) is 11.9 Å². The van der Waals surface area contributed by atoms with E-state index in [0.29, 0.717) is 34.5 Å². The summed E-state index contributed by atoms with van der Waals surface area (Å²) in [6, 6.07) is 15.6. The number of anilines is 2. The van der Waals surface area contributed by atoms with E-state index < -0.39 is 0 Å². The summed E-state index contributed by atoms with van der Waals surface area (Å²) in [5.74, 6) is 1.17. The van der Waals surface area contributed by atoms with Crippen LogP contribution in [-0.4, -0.2) is 20.3 Å². The van der Waals surface area contributed by atoms with Gasteiger partial charge >= 0.3 is 0 Å². The Bertz CT molecular complexity index is 1480. The summed E-state index contributed by atoms with van der Waals surface area (Å²) in [6.07, 6.45) is 8.88. The normalized spacial score (nSPS) is 18.7. The molecule has 174 valence electrons. The number of carbonyl (C=O) groups excluding carboxylic acids is 1. The molecule has 0 spiro atoms. The molecule has 2 fully saturated rings. The van der Waals surface area contributed by atoms with Gasteiger partial charge in [0.25, 0.3) is 0 Å². The molecule has 1 aromatic carbocycles. The molecule has 1 amide bonds. The van der Waals surface area contributed by atoms with Crippen LogP contribution in [0.5, 0.6) is 0 Å². The van der Waals surface area contributed by atoms with Gasteiger partial charge in [0.15, 0.2) is 5.65 Å². The monoisotopic (exact) mass is 482 g/mol. The molecule has 0 saturated heterocycles. The molecule has 2 N–H and O–H groups in total. The maximum absolute atomic E-state index is 12.7. The van der Waals surface area contributed by atoms with Crippen LogP contribution < -0.4 is 10.6 Å². The van der Waals surface area contributed by atoms with Crippen molar-refractivity contribution in [2.24, 2.45) is 5.92 Å². The molecule has 8 heteroatoms. The minimum absolute atomic E-state index is 0.0320. The van der Waals surface area contributed by atoms with Crippen LogP contribution in [0.4, 0.5) is 11.5 Å². The molecule has 3 heterocycles. The zero-order chi connectivity index (χ0) is 23.9. The summed E-state index contributed by atoms with van der Waals surface area (Å²) in [4.78, 5) is 21.7. The number of hydrogen-bond donors (Lipinski definition) is 2. The van der Waals surface area contributed by atoms with Crippen LogP contribution in [0.1, 0.15) is 53.5 Å². The van der Waals surface area contributed by atoms with Crippen LogP contribution >= 0.6 is 11.6 Å². The van der Waals surface area contributed by atoms with Gasteiger partial charge in [-0.25, -0.2) is 9.97 Å². The molecule has 1 unspecified atom stereocenters. The van der Waals surface area contributed by atoms with Gasteiger partial charge in [-0.2, -0.15) is 5.26 Å². The number of imidazole rings is 1. The third-order valence-corrected chi connectivity index (χ3v) is 6.92. The largest absolute Gasteiger partial charge is 0.379 e. The van der Waals surface area contributed by atoms with E-state index in [1.165, 1.54) is 18.4 Å². The van der Waals surface area contributed by atoms with Gasteiger partial charge in [-0.1, -0.05) is 23.7 Å². The first-order valence-electron chi connectivity index (χ1n) is 11.8. The number of fused-ring (bicyclic) bond motifs is 1. The van der Waals surface area contributed by atoms with E-state index in [0.717, 1.165) is 23.4 Å². The van der Waals surface area contributed by atoms with Crippen molar-refractivity contribution >= 4 is 34.7 Å². The SMILES string of the molecule is N#Cc1cc(C2CC2)cn2cc(CNc3ccnc(NC(=O)[C@@H]4CC4c4cccc(Cl)c4)c3)nc12. The Morgan fingerprint density at radius 3 is 2.86 bits per heavy atom. The second kappa shape index (κ2) is 8.71. The number of nitrogens with zero attached hydrogens (tertiary/aromatic N) is 4. The van der Waals surface area contributed by atoms with E-state index >= 15 is 0 Å². The summed E-state index contributed by atoms with van der Waals surface area (Å²) < 4.78 is 1.95. The highest BCUT2D eigenvalue weighted by atomic mass is 35.5. The van der Waals surface area contributed by atoms with E-state index in [1.54, 1.807) is 6.20 Å². The lowest BCUT2D eigenvalue weighted by Gasteiger charge is -2.08. The fraction of sp³-hybridized carbons (Fsp3) is 0.259. The van der Waals surface area contributed by atoms with E-state index in [-0.39, 0.29) is 17.7 Å². The molecule has 7 nitrogen and oxygen atoms in total. The predicted octanol–water partition coefficient (Wildman–Crippen LogP) is 5.49. The zero-order valence-corrected chi connectivity index (χ0v) is 19.7. The lowest BCUT2D eigenvalue weighted by atomic mass is 10.1. The summed E-state index contributed by atoms with van der Waals surface area (Å²) in [5.41, 5.74) is 5.24. The molecule has 2 aliphatic carbocycles. The molecule has 0 bridgehead atoms. The Kier molecular flexibility index (Phi) is 5.39. The van der Waals surface area contributed by atoms with Crippen LogP contribution in [0.25, 0.3) is 5.65 Å². The van der Waals surface area contributed by atoms with Crippen LogP contribution in [0.2, 0.25) is 5.02 Å². The summed E-state index contributed by atoms with van der Waals surface area (Å²) in [6.45, 7) is 0.488. The Morgan fingerprint density at radius 1 is 1.17 bits per heavy atom. The number of amides is 1. The van der Waals surface area contributed by atoms with E-state index in [4.69, 9.17) is 11.6 Å². The molecular formula is C27H23ClN6O.